The summed E-state index contributed by atoms with van der Waals surface area (Å²) in [5.74, 6) is 0. The average molecular weight is 821 g/mol. The maximum Gasteiger partial charge on any atom is -0.0112 e. The molecule has 0 amide bonds. The van der Waals surface area contributed by atoms with Crippen LogP contribution in [-0.2, 0) is 23.3 Å². The first kappa shape index (κ1) is 40.2. The number of halogens is 2. The van der Waals surface area contributed by atoms with E-state index in [0.29, 0.717) is 0 Å². The third-order valence-electron chi connectivity index (χ3n) is 9.54. The Kier molecular flexibility index (Phi) is 13.5. The van der Waals surface area contributed by atoms with Crippen LogP contribution < -0.4 is 24.8 Å². The normalized spacial score (nSPS) is 10.5. The molecule has 0 fully saturated rings. The first-order chi connectivity index (χ1) is 24.8. The number of fused-ring (bicyclic) bond motifs is 4. The van der Waals surface area contributed by atoms with Crippen molar-refractivity contribution in [2.45, 2.75) is 33.9 Å². The SMILES string of the molecule is C[Si](C)=[Zr+2].Cc1cc2c(-c3cccc4ccccc34)ccc(C)c2[cH-]1.Cc1ccc(-c2cc3c(-c4cccc5ccccc45)cccc3[cH-]2)cc1.[Cl-].[Cl-]. The number of aryl methyl sites for hydroxylation is 3. The molecular formula is C49H42Cl2SiZr-2. The molecule has 0 aliphatic carbocycles. The minimum atomic E-state index is 0. The van der Waals surface area contributed by atoms with Crippen molar-refractivity contribution in [2.24, 2.45) is 0 Å². The van der Waals surface area contributed by atoms with E-state index in [-0.39, 0.29) is 30.2 Å². The van der Waals surface area contributed by atoms with Gasteiger partial charge in [0.15, 0.2) is 0 Å². The summed E-state index contributed by atoms with van der Waals surface area (Å²) in [6, 6.07) is 59.5. The predicted octanol–water partition coefficient (Wildman–Crippen LogP) is 8.14. The van der Waals surface area contributed by atoms with Crippen molar-refractivity contribution >= 4 is 48.5 Å². The van der Waals surface area contributed by atoms with Crippen LogP contribution in [0.5, 0.6) is 0 Å². The van der Waals surface area contributed by atoms with Crippen molar-refractivity contribution in [2.75, 3.05) is 0 Å². The van der Waals surface area contributed by atoms with Gasteiger partial charge in [-0.05, 0) is 39.6 Å². The third-order valence-corrected chi connectivity index (χ3v) is 9.54. The first-order valence-electron chi connectivity index (χ1n) is 17.7. The molecule has 9 aromatic rings. The summed E-state index contributed by atoms with van der Waals surface area (Å²) in [4.78, 5) is 0. The Hall–Kier alpha value is -4.04. The number of benzene rings is 7. The maximum atomic E-state index is 2.33. The molecule has 0 bridgehead atoms. The Morgan fingerprint density at radius 2 is 0.962 bits per heavy atom. The van der Waals surface area contributed by atoms with Gasteiger partial charge in [0.25, 0.3) is 0 Å². The fourth-order valence-electron chi connectivity index (χ4n) is 7.13. The van der Waals surface area contributed by atoms with E-state index in [1.54, 1.807) is 23.3 Å². The smallest absolute Gasteiger partial charge is 0.0112 e. The zero-order valence-corrected chi connectivity index (χ0v) is 35.8. The number of hydrogen-bond acceptors (Lipinski definition) is 0. The monoisotopic (exact) mass is 818 g/mol. The van der Waals surface area contributed by atoms with Crippen LogP contribution in [0.2, 0.25) is 13.1 Å². The number of rotatable bonds is 3. The van der Waals surface area contributed by atoms with E-state index in [1.807, 2.05) is 0 Å². The van der Waals surface area contributed by atoms with E-state index >= 15 is 0 Å². The van der Waals surface area contributed by atoms with E-state index in [0.717, 1.165) is 0 Å². The Morgan fingerprint density at radius 3 is 1.55 bits per heavy atom. The van der Waals surface area contributed by atoms with Crippen molar-refractivity contribution in [3.63, 3.8) is 0 Å². The molecule has 0 aliphatic rings. The largest absolute Gasteiger partial charge is 1.00 e. The summed E-state index contributed by atoms with van der Waals surface area (Å²) in [5, 5.41) is 10.6. The Labute approximate surface area is 341 Å². The van der Waals surface area contributed by atoms with Gasteiger partial charge in [-0.25, -0.2) is 0 Å². The van der Waals surface area contributed by atoms with Crippen molar-refractivity contribution < 1.29 is 48.1 Å². The molecule has 53 heavy (non-hydrogen) atoms. The standard InChI is InChI=1S/C26H19.C21H17.C2H6Si.2ClH.Zr/c1-18-12-14-19(15-13-18)22-16-21-8-5-11-25(26(21)17-22)24-10-4-7-20-6-2-3-9-23(20)24;1-14-12-20-15(2)10-11-19(21(20)13-14)18-9-5-7-16-6-3-4-8-17(16)18;1-3-2;;;/h2-17H,1H3;3-13H,1-2H3;1-2H3;2*1H;/q2*-1;;;;+2/p-2. The fraction of sp³-hybridized carbons (Fsp3) is 0.102. The molecule has 9 rings (SSSR count). The first-order valence-corrected chi connectivity index (χ1v) is 23.9. The Bertz CT molecular complexity index is 2650. The van der Waals surface area contributed by atoms with Crippen LogP contribution in [0.15, 0.2) is 164 Å². The predicted molar refractivity (Wildman–Crippen MR) is 222 cm³/mol. The zero-order valence-electron chi connectivity index (χ0n) is 30.8. The molecule has 0 radical (unpaired) electrons. The molecule has 4 heteroatoms. The van der Waals surface area contributed by atoms with Crippen LogP contribution in [0, 0.1) is 20.8 Å². The van der Waals surface area contributed by atoms with Gasteiger partial charge in [-0.2, -0.15) is 6.07 Å². The zero-order chi connectivity index (χ0) is 35.5. The second-order valence-corrected chi connectivity index (χ2v) is 23.1. The van der Waals surface area contributed by atoms with Gasteiger partial charge in [0.05, 0.1) is 0 Å². The summed E-state index contributed by atoms with van der Waals surface area (Å²) < 4.78 is 0. The van der Waals surface area contributed by atoms with Crippen molar-refractivity contribution in [1.82, 2.24) is 0 Å². The summed E-state index contributed by atoms with van der Waals surface area (Å²) >= 11 is 1.74. The molecule has 0 atom stereocenters. The van der Waals surface area contributed by atoms with Crippen LogP contribution in [0.4, 0.5) is 0 Å². The van der Waals surface area contributed by atoms with E-state index in [2.05, 4.69) is 198 Å². The number of hydrogen-bond donors (Lipinski definition) is 0. The molecule has 262 valence electrons. The van der Waals surface area contributed by atoms with Crippen molar-refractivity contribution in [1.29, 1.82) is 0 Å². The van der Waals surface area contributed by atoms with Gasteiger partial charge in [0.2, 0.25) is 0 Å². The van der Waals surface area contributed by atoms with Crippen LogP contribution >= 0.6 is 0 Å². The molecule has 9 aromatic carbocycles. The maximum absolute atomic E-state index is 2.33. The van der Waals surface area contributed by atoms with Gasteiger partial charge < -0.3 is 24.8 Å². The van der Waals surface area contributed by atoms with Gasteiger partial charge >= 0.3 is 41.9 Å². The van der Waals surface area contributed by atoms with E-state index in [4.69, 9.17) is 0 Å². The average Bonchev–Trinajstić information content (AvgIpc) is 3.76. The van der Waals surface area contributed by atoms with E-state index in [1.165, 1.54) is 93.2 Å². The minimum absolute atomic E-state index is 0. The van der Waals surface area contributed by atoms with E-state index < -0.39 is 0 Å². The van der Waals surface area contributed by atoms with Crippen molar-refractivity contribution in [3.05, 3.63) is 180 Å². The van der Waals surface area contributed by atoms with Crippen LogP contribution in [-0.4, -0.2) is 5.43 Å². The fourth-order valence-corrected chi connectivity index (χ4v) is 7.13. The molecule has 0 saturated carbocycles. The van der Waals surface area contributed by atoms with E-state index in [9.17, 15) is 0 Å². The molecule has 0 N–H and O–H groups in total. The summed E-state index contributed by atoms with van der Waals surface area (Å²) in [6.45, 7) is 11.1. The molecule has 0 saturated heterocycles. The van der Waals surface area contributed by atoms with Crippen LogP contribution in [0.25, 0.3) is 76.5 Å². The van der Waals surface area contributed by atoms with Gasteiger partial charge in [-0.15, -0.1) is 68.6 Å². The van der Waals surface area contributed by atoms with Gasteiger partial charge in [-0.1, -0.05) is 163 Å². The Balaban J connectivity index is 0.000000183. The van der Waals surface area contributed by atoms with Gasteiger partial charge in [0, 0.05) is 0 Å². The van der Waals surface area contributed by atoms with Crippen LogP contribution in [0.3, 0.4) is 0 Å². The molecule has 0 nitrogen and oxygen atoms in total. The summed E-state index contributed by atoms with van der Waals surface area (Å²) in [5.41, 5.74) is 12.0. The van der Waals surface area contributed by atoms with Gasteiger partial charge in [0.1, 0.15) is 0 Å². The second kappa shape index (κ2) is 17.9. The topological polar surface area (TPSA) is 0 Å². The summed E-state index contributed by atoms with van der Waals surface area (Å²) in [7, 11) is 0. The quantitative estimate of drug-likeness (QED) is 0.125. The molecule has 0 unspecified atom stereocenters. The summed E-state index contributed by atoms with van der Waals surface area (Å²) in [6.07, 6.45) is 0. The Morgan fingerprint density at radius 1 is 0.472 bits per heavy atom. The van der Waals surface area contributed by atoms with Crippen molar-refractivity contribution in [3.8, 4) is 33.4 Å². The molecule has 0 heterocycles. The second-order valence-electron chi connectivity index (χ2n) is 13.8. The molecule has 0 aliphatic heterocycles. The third kappa shape index (κ3) is 8.86. The molecular weight excluding hydrogens is 779 g/mol. The van der Waals surface area contributed by atoms with Gasteiger partial charge in [-0.3, -0.25) is 0 Å². The molecule has 0 aromatic heterocycles. The molecule has 0 spiro atoms. The minimum Gasteiger partial charge on any atom is -1.00 e. The van der Waals surface area contributed by atoms with Crippen LogP contribution in [0.1, 0.15) is 16.7 Å².